The zero-order valence-corrected chi connectivity index (χ0v) is 20.5. The summed E-state index contributed by atoms with van der Waals surface area (Å²) >= 11 is 1.60. The van der Waals surface area contributed by atoms with Gasteiger partial charge in [-0.05, 0) is 63.3 Å². The van der Waals surface area contributed by atoms with Gasteiger partial charge in [0.2, 0.25) is 11.8 Å². The third-order valence-electron chi connectivity index (χ3n) is 5.23. The van der Waals surface area contributed by atoms with E-state index in [1.165, 1.54) is 11.1 Å². The molecule has 0 radical (unpaired) electrons. The number of amides is 2. The molecule has 0 aromatic heterocycles. The Morgan fingerprint density at radius 2 is 1.52 bits per heavy atom. The van der Waals surface area contributed by atoms with Gasteiger partial charge in [-0.1, -0.05) is 55.5 Å². The molecule has 0 saturated heterocycles. The van der Waals surface area contributed by atoms with Gasteiger partial charge in [0.25, 0.3) is 0 Å². The fourth-order valence-corrected chi connectivity index (χ4v) is 4.43. The number of hydrogen-bond donors (Lipinski definition) is 1. The molecular weight excluding hydrogens is 404 g/mol. The molecular formula is C26H36N2O2S. The van der Waals surface area contributed by atoms with Crippen LogP contribution < -0.4 is 5.32 Å². The van der Waals surface area contributed by atoms with E-state index in [4.69, 9.17) is 0 Å². The Balaban J connectivity index is 2.19. The fourth-order valence-electron chi connectivity index (χ4n) is 3.45. The smallest absolute Gasteiger partial charge is 0.243 e. The van der Waals surface area contributed by atoms with E-state index in [0.29, 0.717) is 18.7 Å². The van der Waals surface area contributed by atoms with Crippen molar-refractivity contribution in [3.8, 4) is 0 Å². The molecule has 0 heterocycles. The summed E-state index contributed by atoms with van der Waals surface area (Å²) in [5, 5.41) is 3.06. The highest BCUT2D eigenvalue weighted by atomic mass is 32.2. The highest BCUT2D eigenvalue weighted by Crippen LogP contribution is 2.20. The number of thioether (sulfide) groups is 1. The van der Waals surface area contributed by atoms with Crippen LogP contribution in [0.5, 0.6) is 0 Å². The third kappa shape index (κ3) is 7.73. The van der Waals surface area contributed by atoms with Gasteiger partial charge in [0.05, 0.1) is 5.75 Å². The Labute approximate surface area is 191 Å². The molecule has 0 aliphatic carbocycles. The lowest BCUT2D eigenvalue weighted by molar-refractivity contribution is -0.140. The summed E-state index contributed by atoms with van der Waals surface area (Å²) in [4.78, 5) is 28.1. The second kappa shape index (κ2) is 11.4. The highest BCUT2D eigenvalue weighted by molar-refractivity contribution is 7.99. The van der Waals surface area contributed by atoms with Crippen molar-refractivity contribution in [1.82, 2.24) is 10.2 Å². The zero-order valence-electron chi connectivity index (χ0n) is 19.7. The Bertz CT molecular complexity index is 889. The van der Waals surface area contributed by atoms with Crippen molar-refractivity contribution in [2.24, 2.45) is 0 Å². The van der Waals surface area contributed by atoms with Crippen molar-refractivity contribution in [1.29, 1.82) is 0 Å². The first kappa shape index (κ1) is 25.0. The van der Waals surface area contributed by atoms with Gasteiger partial charge < -0.3 is 10.2 Å². The number of hydrogen-bond acceptors (Lipinski definition) is 3. The minimum Gasteiger partial charge on any atom is -0.350 e. The molecule has 31 heavy (non-hydrogen) atoms. The molecule has 2 aromatic rings. The van der Waals surface area contributed by atoms with E-state index in [0.717, 1.165) is 16.9 Å². The minimum absolute atomic E-state index is 0.00209. The second-order valence-corrected chi connectivity index (χ2v) is 10.0. The first-order valence-corrected chi connectivity index (χ1v) is 12.1. The predicted molar refractivity (Wildman–Crippen MR) is 131 cm³/mol. The number of rotatable bonds is 9. The van der Waals surface area contributed by atoms with Crippen molar-refractivity contribution in [2.75, 3.05) is 5.75 Å². The molecule has 2 rings (SSSR count). The second-order valence-electron chi connectivity index (χ2n) is 9.03. The summed E-state index contributed by atoms with van der Waals surface area (Å²) < 4.78 is 0. The van der Waals surface area contributed by atoms with Crippen molar-refractivity contribution < 1.29 is 9.59 Å². The monoisotopic (exact) mass is 440 g/mol. The lowest BCUT2D eigenvalue weighted by atomic mass is 10.0. The minimum atomic E-state index is -0.495. The van der Waals surface area contributed by atoms with E-state index >= 15 is 0 Å². The van der Waals surface area contributed by atoms with Gasteiger partial charge in [0.15, 0.2) is 0 Å². The molecule has 1 atom stereocenters. The van der Waals surface area contributed by atoms with E-state index in [2.05, 4.69) is 24.4 Å². The third-order valence-corrected chi connectivity index (χ3v) is 6.20. The molecule has 0 aliphatic heterocycles. The standard InChI is InChI=1S/C26H36N2O2S/c1-7-23(25(30)27-26(4,5)6)28(16-21-14-10-8-12-19(21)2)24(29)18-31-17-22-15-11-9-13-20(22)3/h8-15,23H,7,16-18H2,1-6H3,(H,27,30). The summed E-state index contributed by atoms with van der Waals surface area (Å²) in [6.45, 7) is 12.4. The zero-order chi connectivity index (χ0) is 23.0. The predicted octanol–water partition coefficient (Wildman–Crippen LogP) is 5.26. The molecule has 0 saturated carbocycles. The highest BCUT2D eigenvalue weighted by Gasteiger charge is 2.30. The number of carbonyl (C=O) groups is 2. The normalized spacial score (nSPS) is 12.3. The van der Waals surface area contributed by atoms with Crippen LogP contribution in [0.4, 0.5) is 0 Å². The van der Waals surface area contributed by atoms with E-state index in [1.807, 2.05) is 71.0 Å². The maximum atomic E-state index is 13.3. The molecule has 2 aromatic carbocycles. The fraction of sp³-hybridized carbons (Fsp3) is 0.462. The summed E-state index contributed by atoms with van der Waals surface area (Å²) in [5.74, 6) is 1.03. The van der Waals surface area contributed by atoms with Crippen LogP contribution in [0, 0.1) is 13.8 Å². The van der Waals surface area contributed by atoms with Crippen LogP contribution in [0.1, 0.15) is 56.4 Å². The van der Waals surface area contributed by atoms with Gasteiger partial charge in [-0.25, -0.2) is 0 Å². The van der Waals surface area contributed by atoms with E-state index in [9.17, 15) is 9.59 Å². The largest absolute Gasteiger partial charge is 0.350 e. The maximum Gasteiger partial charge on any atom is 0.243 e. The Morgan fingerprint density at radius 3 is 2.03 bits per heavy atom. The average molecular weight is 441 g/mol. The first-order valence-electron chi connectivity index (χ1n) is 10.9. The molecule has 0 aliphatic rings. The maximum absolute atomic E-state index is 13.3. The van der Waals surface area contributed by atoms with Crippen LogP contribution in [0.2, 0.25) is 0 Å². The van der Waals surface area contributed by atoms with Gasteiger partial charge in [0, 0.05) is 17.8 Å². The van der Waals surface area contributed by atoms with Crippen molar-refractivity contribution >= 4 is 23.6 Å². The van der Waals surface area contributed by atoms with Crippen molar-refractivity contribution in [3.05, 3.63) is 70.8 Å². The van der Waals surface area contributed by atoms with Gasteiger partial charge >= 0.3 is 0 Å². The number of carbonyl (C=O) groups excluding carboxylic acids is 2. The molecule has 1 N–H and O–H groups in total. The van der Waals surface area contributed by atoms with Crippen LogP contribution in [-0.2, 0) is 21.9 Å². The topological polar surface area (TPSA) is 49.4 Å². The molecule has 1 unspecified atom stereocenters. The molecule has 4 nitrogen and oxygen atoms in total. The van der Waals surface area contributed by atoms with Gasteiger partial charge in [-0.2, -0.15) is 0 Å². The Hall–Kier alpha value is -2.27. The lowest BCUT2D eigenvalue weighted by Gasteiger charge is -2.33. The van der Waals surface area contributed by atoms with Crippen LogP contribution >= 0.6 is 11.8 Å². The molecule has 5 heteroatoms. The Kier molecular flexibility index (Phi) is 9.17. The number of aryl methyl sites for hydroxylation is 2. The summed E-state index contributed by atoms with van der Waals surface area (Å²) in [7, 11) is 0. The Morgan fingerprint density at radius 1 is 0.968 bits per heavy atom. The van der Waals surface area contributed by atoms with Crippen molar-refractivity contribution in [3.63, 3.8) is 0 Å². The number of nitrogens with one attached hydrogen (secondary N) is 1. The van der Waals surface area contributed by atoms with E-state index < -0.39 is 6.04 Å². The SMILES string of the molecule is CCC(C(=O)NC(C)(C)C)N(Cc1ccccc1C)C(=O)CSCc1ccccc1C. The summed E-state index contributed by atoms with van der Waals surface area (Å²) in [6.07, 6.45) is 0.571. The van der Waals surface area contributed by atoms with Crippen LogP contribution in [0.15, 0.2) is 48.5 Å². The lowest BCUT2D eigenvalue weighted by Crippen LogP contribution is -2.53. The van der Waals surface area contributed by atoms with Gasteiger partial charge in [0.1, 0.15) is 6.04 Å². The van der Waals surface area contributed by atoms with Crippen LogP contribution in [0.3, 0.4) is 0 Å². The van der Waals surface area contributed by atoms with E-state index in [1.54, 1.807) is 16.7 Å². The summed E-state index contributed by atoms with van der Waals surface area (Å²) in [6, 6.07) is 15.8. The first-order chi connectivity index (χ1) is 14.6. The molecule has 2 amide bonds. The number of nitrogens with zero attached hydrogens (tertiary/aromatic N) is 1. The van der Waals surface area contributed by atoms with Crippen LogP contribution in [0.25, 0.3) is 0 Å². The molecule has 0 bridgehead atoms. The van der Waals surface area contributed by atoms with Crippen LogP contribution in [-0.4, -0.2) is 34.0 Å². The molecule has 168 valence electrons. The number of benzene rings is 2. The van der Waals surface area contributed by atoms with Gasteiger partial charge in [-0.3, -0.25) is 9.59 Å². The quantitative estimate of drug-likeness (QED) is 0.579. The van der Waals surface area contributed by atoms with Gasteiger partial charge in [-0.15, -0.1) is 11.8 Å². The molecule has 0 fully saturated rings. The summed E-state index contributed by atoms with van der Waals surface area (Å²) in [5.41, 5.74) is 4.32. The molecule has 0 spiro atoms. The van der Waals surface area contributed by atoms with Crippen molar-refractivity contribution in [2.45, 2.75) is 71.8 Å². The average Bonchev–Trinajstić information content (AvgIpc) is 2.69. The van der Waals surface area contributed by atoms with E-state index in [-0.39, 0.29) is 17.4 Å².